The van der Waals surface area contributed by atoms with E-state index in [9.17, 15) is 18.0 Å². The molecule has 1 rings (SSSR count). The summed E-state index contributed by atoms with van der Waals surface area (Å²) in [5, 5.41) is 0. The molecule has 0 fully saturated rings. The number of carbonyl (C=O) groups is 1. The van der Waals surface area contributed by atoms with E-state index in [0.29, 0.717) is 0 Å². The van der Waals surface area contributed by atoms with Gasteiger partial charge in [0.05, 0.1) is 7.11 Å². The van der Waals surface area contributed by atoms with Crippen LogP contribution in [-0.4, -0.2) is 19.7 Å². The predicted molar refractivity (Wildman–Crippen MR) is 56.5 cm³/mol. The number of benzene rings is 1. The molecular weight excluding hydrogens is 249 g/mol. The van der Waals surface area contributed by atoms with Crippen molar-refractivity contribution >= 4 is 5.97 Å². The molecule has 0 heterocycles. The van der Waals surface area contributed by atoms with Gasteiger partial charge in [-0.05, 0) is 12.1 Å². The smallest absolute Gasteiger partial charge is 0.387 e. The Hall–Kier alpha value is -2.16. The molecule has 0 aliphatic carbocycles. The Kier molecular flexibility index (Phi) is 5.06. The number of halogens is 3. The third-order valence-electron chi connectivity index (χ3n) is 1.87. The van der Waals surface area contributed by atoms with Crippen LogP contribution in [0.3, 0.4) is 0 Å². The molecule has 0 saturated heterocycles. The van der Waals surface area contributed by atoms with Crippen molar-refractivity contribution in [1.29, 1.82) is 0 Å². The van der Waals surface area contributed by atoms with E-state index in [4.69, 9.17) is 0 Å². The van der Waals surface area contributed by atoms with Crippen LogP contribution < -0.4 is 4.74 Å². The summed E-state index contributed by atoms with van der Waals surface area (Å²) in [5.74, 6) is 2.81. The molecule has 0 amide bonds. The van der Waals surface area contributed by atoms with Crippen molar-refractivity contribution in [3.8, 4) is 17.6 Å². The molecule has 0 radical (unpaired) electrons. The van der Waals surface area contributed by atoms with E-state index in [0.717, 1.165) is 12.1 Å². The zero-order chi connectivity index (χ0) is 13.5. The summed E-state index contributed by atoms with van der Waals surface area (Å²) in [7, 11) is 1.18. The molecule has 3 nitrogen and oxygen atoms in total. The summed E-state index contributed by atoms with van der Waals surface area (Å²) in [6.07, 6.45) is -0.265. The number of rotatable bonds is 3. The number of hydrogen-bond acceptors (Lipinski definition) is 3. The lowest BCUT2D eigenvalue weighted by Crippen LogP contribution is -2.04. The van der Waals surface area contributed by atoms with Gasteiger partial charge in [0.25, 0.3) is 0 Å². The lowest BCUT2D eigenvalue weighted by molar-refractivity contribution is -0.139. The molecule has 18 heavy (non-hydrogen) atoms. The fraction of sp³-hybridized carbons (Fsp3) is 0.250. The minimum absolute atomic E-state index is 0.265. The molecule has 0 aliphatic rings. The summed E-state index contributed by atoms with van der Waals surface area (Å²) < 4.78 is 45.9. The second kappa shape index (κ2) is 6.55. The SMILES string of the molecule is COC(=O)CC#Cc1c(F)cccc1OC(F)F. The second-order valence-electron chi connectivity index (χ2n) is 3.05. The molecule has 1 aromatic carbocycles. The Morgan fingerprint density at radius 1 is 1.44 bits per heavy atom. The normalized spacial score (nSPS) is 9.61. The van der Waals surface area contributed by atoms with Crippen molar-refractivity contribution in [1.82, 2.24) is 0 Å². The summed E-state index contributed by atoms with van der Waals surface area (Å²) >= 11 is 0. The number of esters is 1. The van der Waals surface area contributed by atoms with Crippen molar-refractivity contribution < 1.29 is 27.4 Å². The highest BCUT2D eigenvalue weighted by Gasteiger charge is 2.11. The molecular formula is C12H9F3O3. The third kappa shape index (κ3) is 4.01. The summed E-state index contributed by atoms with van der Waals surface area (Å²) in [5.41, 5.74) is -0.318. The van der Waals surface area contributed by atoms with Gasteiger partial charge in [0.1, 0.15) is 23.6 Å². The summed E-state index contributed by atoms with van der Waals surface area (Å²) in [4.78, 5) is 10.8. The van der Waals surface area contributed by atoms with Gasteiger partial charge in [0, 0.05) is 0 Å². The van der Waals surface area contributed by atoms with Crippen LogP contribution in [-0.2, 0) is 9.53 Å². The van der Waals surface area contributed by atoms with Gasteiger partial charge in [-0.15, -0.1) is 0 Å². The quantitative estimate of drug-likeness (QED) is 0.616. The van der Waals surface area contributed by atoms with Crippen LogP contribution in [0.15, 0.2) is 18.2 Å². The standard InChI is InChI=1S/C12H9F3O3/c1-17-11(16)7-2-4-8-9(13)5-3-6-10(8)18-12(14)15/h3,5-6,12H,7H2,1H3. The first-order valence-corrected chi connectivity index (χ1v) is 4.83. The molecule has 1 aromatic rings. The number of methoxy groups -OCH3 is 1. The monoisotopic (exact) mass is 258 g/mol. The van der Waals surface area contributed by atoms with Gasteiger partial charge in [0.2, 0.25) is 0 Å². The number of carbonyl (C=O) groups excluding carboxylic acids is 1. The number of ether oxygens (including phenoxy) is 2. The van der Waals surface area contributed by atoms with Crippen molar-refractivity contribution in [2.24, 2.45) is 0 Å². The first kappa shape index (κ1) is 13.9. The van der Waals surface area contributed by atoms with Gasteiger partial charge < -0.3 is 9.47 Å². The highest BCUT2D eigenvalue weighted by atomic mass is 19.3. The Morgan fingerprint density at radius 2 is 2.17 bits per heavy atom. The number of alkyl halides is 2. The molecule has 96 valence electrons. The molecule has 6 heteroatoms. The average molecular weight is 258 g/mol. The molecule has 0 saturated carbocycles. The summed E-state index contributed by atoms with van der Waals surface area (Å²) in [6.45, 7) is -3.08. The minimum atomic E-state index is -3.08. The number of hydrogen-bond donors (Lipinski definition) is 0. The van der Waals surface area contributed by atoms with Crippen molar-refractivity contribution in [3.05, 3.63) is 29.6 Å². The predicted octanol–water partition coefficient (Wildman–Crippen LogP) is 2.34. The largest absolute Gasteiger partial charge is 0.468 e. The third-order valence-corrected chi connectivity index (χ3v) is 1.87. The van der Waals surface area contributed by atoms with E-state index in [1.807, 2.05) is 0 Å². The Bertz CT molecular complexity index is 489. The van der Waals surface area contributed by atoms with Crippen molar-refractivity contribution in [2.75, 3.05) is 7.11 Å². The van der Waals surface area contributed by atoms with Gasteiger partial charge in [-0.1, -0.05) is 17.9 Å². The van der Waals surface area contributed by atoms with Gasteiger partial charge in [0.15, 0.2) is 0 Å². The molecule has 0 aliphatic heterocycles. The van der Waals surface area contributed by atoms with Crippen molar-refractivity contribution in [3.63, 3.8) is 0 Å². The van der Waals surface area contributed by atoms with E-state index in [1.54, 1.807) is 0 Å². The first-order chi connectivity index (χ1) is 8.54. The van der Waals surface area contributed by atoms with E-state index in [-0.39, 0.29) is 17.7 Å². The fourth-order valence-corrected chi connectivity index (χ4v) is 1.10. The maximum Gasteiger partial charge on any atom is 0.387 e. The van der Waals surface area contributed by atoms with Crippen LogP contribution in [0, 0.1) is 17.7 Å². The molecule has 0 bridgehead atoms. The average Bonchev–Trinajstić information content (AvgIpc) is 2.31. The first-order valence-electron chi connectivity index (χ1n) is 4.83. The van der Waals surface area contributed by atoms with Crippen LogP contribution in [0.5, 0.6) is 5.75 Å². The zero-order valence-electron chi connectivity index (χ0n) is 9.38. The minimum Gasteiger partial charge on any atom is -0.468 e. The van der Waals surface area contributed by atoms with Crippen LogP contribution >= 0.6 is 0 Å². The molecule has 0 aromatic heterocycles. The van der Waals surface area contributed by atoms with Gasteiger partial charge in [-0.25, -0.2) is 4.39 Å². The van der Waals surface area contributed by atoms with Gasteiger partial charge >= 0.3 is 12.6 Å². The highest BCUT2D eigenvalue weighted by Crippen LogP contribution is 2.22. The zero-order valence-corrected chi connectivity index (χ0v) is 9.38. The van der Waals surface area contributed by atoms with Gasteiger partial charge in [-0.3, -0.25) is 4.79 Å². The second-order valence-corrected chi connectivity index (χ2v) is 3.05. The Morgan fingerprint density at radius 3 is 2.78 bits per heavy atom. The highest BCUT2D eigenvalue weighted by molar-refractivity contribution is 5.72. The Labute approximate surface area is 102 Å². The maximum atomic E-state index is 13.4. The molecule has 0 N–H and O–H groups in total. The lowest BCUT2D eigenvalue weighted by atomic mass is 10.2. The van der Waals surface area contributed by atoms with Crippen molar-refractivity contribution in [2.45, 2.75) is 13.0 Å². The topological polar surface area (TPSA) is 35.5 Å². The molecule has 0 atom stereocenters. The van der Waals surface area contributed by atoms with Crippen LogP contribution in [0.4, 0.5) is 13.2 Å². The summed E-state index contributed by atoms with van der Waals surface area (Å²) in [6, 6.07) is 3.44. The fourth-order valence-electron chi connectivity index (χ4n) is 1.10. The van der Waals surface area contributed by atoms with Crippen LogP contribution in [0.1, 0.15) is 12.0 Å². The Balaban J connectivity index is 2.95. The van der Waals surface area contributed by atoms with Crippen LogP contribution in [0.2, 0.25) is 0 Å². The molecule has 0 unspecified atom stereocenters. The van der Waals surface area contributed by atoms with E-state index in [1.165, 1.54) is 13.2 Å². The van der Waals surface area contributed by atoms with Crippen LogP contribution in [0.25, 0.3) is 0 Å². The van der Waals surface area contributed by atoms with E-state index in [2.05, 4.69) is 21.3 Å². The van der Waals surface area contributed by atoms with E-state index < -0.39 is 18.4 Å². The van der Waals surface area contributed by atoms with E-state index >= 15 is 0 Å². The molecule has 0 spiro atoms. The lowest BCUT2D eigenvalue weighted by Gasteiger charge is -2.06. The maximum absolute atomic E-state index is 13.4. The van der Waals surface area contributed by atoms with Gasteiger partial charge in [-0.2, -0.15) is 8.78 Å².